The van der Waals surface area contributed by atoms with Crippen molar-refractivity contribution in [2.24, 2.45) is 0 Å². The van der Waals surface area contributed by atoms with Crippen molar-refractivity contribution < 1.29 is 9.13 Å². The Labute approximate surface area is 186 Å². The summed E-state index contributed by atoms with van der Waals surface area (Å²) in [6.07, 6.45) is 2.22. The quantitative estimate of drug-likeness (QED) is 0.568. The summed E-state index contributed by atoms with van der Waals surface area (Å²) < 4.78 is 19.0. The number of aryl methyl sites for hydroxylation is 1. The number of nitrogens with one attached hydrogen (secondary N) is 2. The summed E-state index contributed by atoms with van der Waals surface area (Å²) >= 11 is 5.66. The lowest BCUT2D eigenvalue weighted by Crippen LogP contribution is -2.42. The number of ether oxygens (including phenoxy) is 1. The predicted molar refractivity (Wildman–Crippen MR) is 125 cm³/mol. The average molecular weight is 440 g/mol. The smallest absolute Gasteiger partial charge is 0.253 e. The Balaban J connectivity index is 1.56. The number of thiocarbonyl (C=S) groups is 1. The van der Waals surface area contributed by atoms with Gasteiger partial charge >= 0.3 is 0 Å². The third-order valence-corrected chi connectivity index (χ3v) is 5.92. The Morgan fingerprint density at radius 3 is 2.77 bits per heavy atom. The number of pyridine rings is 1. The third-order valence-electron chi connectivity index (χ3n) is 5.52. The summed E-state index contributed by atoms with van der Waals surface area (Å²) in [5.41, 5.74) is 3.31. The Kier molecular flexibility index (Phi) is 6.63. The van der Waals surface area contributed by atoms with Crippen LogP contribution in [0.4, 0.5) is 4.39 Å². The van der Waals surface area contributed by atoms with Crippen molar-refractivity contribution in [1.29, 1.82) is 0 Å². The van der Waals surface area contributed by atoms with Crippen LogP contribution in [-0.4, -0.2) is 34.3 Å². The molecule has 2 N–H and O–H groups in total. The molecular weight excluding hydrogens is 413 g/mol. The average Bonchev–Trinajstić information content (AvgIpc) is 3.27. The summed E-state index contributed by atoms with van der Waals surface area (Å²) in [7, 11) is 0. The lowest BCUT2D eigenvalue weighted by Gasteiger charge is -2.27. The molecule has 0 saturated carbocycles. The molecule has 0 aliphatic carbocycles. The molecule has 0 radical (unpaired) electrons. The Bertz CT molecular complexity index is 1120. The molecule has 0 bridgehead atoms. The van der Waals surface area contributed by atoms with Gasteiger partial charge in [-0.25, -0.2) is 4.39 Å². The number of hydrogen-bond acceptors (Lipinski definition) is 3. The van der Waals surface area contributed by atoms with E-state index >= 15 is 0 Å². The van der Waals surface area contributed by atoms with Gasteiger partial charge in [-0.15, -0.1) is 0 Å². The van der Waals surface area contributed by atoms with Crippen LogP contribution in [0.2, 0.25) is 0 Å². The number of halogens is 1. The summed E-state index contributed by atoms with van der Waals surface area (Å²) in [5, 5.41) is 4.80. The number of hydrogen-bond donors (Lipinski definition) is 2. The number of fused-ring (bicyclic) bond motifs is 1. The molecule has 5 nitrogen and oxygen atoms in total. The largest absolute Gasteiger partial charge is 0.376 e. The number of benzene rings is 2. The number of aromatic amines is 1. The highest BCUT2D eigenvalue weighted by atomic mass is 32.1. The van der Waals surface area contributed by atoms with E-state index in [-0.39, 0.29) is 17.5 Å². The van der Waals surface area contributed by atoms with Gasteiger partial charge in [0.1, 0.15) is 5.82 Å². The molecule has 7 heteroatoms. The maximum Gasteiger partial charge on any atom is 0.253 e. The molecule has 1 saturated heterocycles. The zero-order chi connectivity index (χ0) is 21.8. The molecule has 2 aromatic carbocycles. The van der Waals surface area contributed by atoms with Gasteiger partial charge in [0, 0.05) is 30.8 Å². The summed E-state index contributed by atoms with van der Waals surface area (Å²) in [6.45, 7) is 4.21. The first kappa shape index (κ1) is 21.5. The van der Waals surface area contributed by atoms with Gasteiger partial charge in [0.2, 0.25) is 0 Å². The van der Waals surface area contributed by atoms with Crippen molar-refractivity contribution in [3.63, 3.8) is 0 Å². The molecule has 3 aromatic rings. The van der Waals surface area contributed by atoms with Crippen LogP contribution >= 0.6 is 12.2 Å². The molecule has 4 rings (SSSR count). The van der Waals surface area contributed by atoms with Gasteiger partial charge in [-0.1, -0.05) is 24.3 Å². The van der Waals surface area contributed by atoms with Gasteiger partial charge in [-0.3, -0.25) is 4.79 Å². The first-order chi connectivity index (χ1) is 15.0. The van der Waals surface area contributed by atoms with E-state index in [1.807, 2.05) is 36.1 Å². The van der Waals surface area contributed by atoms with Crippen LogP contribution in [0.5, 0.6) is 0 Å². The second-order valence-corrected chi connectivity index (χ2v) is 8.40. The second kappa shape index (κ2) is 9.58. The van der Waals surface area contributed by atoms with Crippen molar-refractivity contribution in [1.82, 2.24) is 15.2 Å². The molecular formula is C24H26FN3O2S. The zero-order valence-corrected chi connectivity index (χ0v) is 18.3. The van der Waals surface area contributed by atoms with Crippen molar-refractivity contribution >= 4 is 28.2 Å². The highest BCUT2D eigenvalue weighted by molar-refractivity contribution is 7.80. The van der Waals surface area contributed by atoms with Crippen LogP contribution in [0, 0.1) is 12.7 Å². The minimum atomic E-state index is -0.282. The maximum absolute atomic E-state index is 13.3. The third kappa shape index (κ3) is 5.48. The van der Waals surface area contributed by atoms with E-state index in [4.69, 9.17) is 17.0 Å². The van der Waals surface area contributed by atoms with Crippen molar-refractivity contribution in [3.05, 3.63) is 81.4 Å². The van der Waals surface area contributed by atoms with Crippen LogP contribution in [-0.2, 0) is 17.8 Å². The predicted octanol–water partition coefficient (Wildman–Crippen LogP) is 4.03. The van der Waals surface area contributed by atoms with E-state index in [1.54, 1.807) is 12.1 Å². The lowest BCUT2D eigenvalue weighted by atomic mass is 10.1. The zero-order valence-electron chi connectivity index (χ0n) is 17.5. The fourth-order valence-corrected chi connectivity index (χ4v) is 4.02. The van der Waals surface area contributed by atoms with Gasteiger partial charge in [-0.05, 0) is 72.8 Å². The summed E-state index contributed by atoms with van der Waals surface area (Å²) in [5.74, 6) is -0.282. The SMILES string of the molecule is Cc1ccc2cc(CN(Cc3ccc(F)cc3)C(=S)NC[C@@H]3CCCO3)c(=O)[nH]c2c1. The number of rotatable bonds is 6. The molecule has 0 spiro atoms. The van der Waals surface area contributed by atoms with E-state index in [2.05, 4.69) is 10.3 Å². The fourth-order valence-electron chi connectivity index (χ4n) is 3.81. The van der Waals surface area contributed by atoms with Gasteiger partial charge in [0.25, 0.3) is 5.56 Å². The van der Waals surface area contributed by atoms with Crippen LogP contribution in [0.3, 0.4) is 0 Å². The van der Waals surface area contributed by atoms with Crippen molar-refractivity contribution in [3.8, 4) is 0 Å². The fraction of sp³-hybridized carbons (Fsp3) is 0.333. The van der Waals surface area contributed by atoms with Crippen LogP contribution in [0.1, 0.15) is 29.5 Å². The highest BCUT2D eigenvalue weighted by Gasteiger charge is 2.18. The topological polar surface area (TPSA) is 57.4 Å². The monoisotopic (exact) mass is 439 g/mol. The first-order valence-corrected chi connectivity index (χ1v) is 10.9. The van der Waals surface area contributed by atoms with Crippen LogP contribution in [0.25, 0.3) is 10.9 Å². The molecule has 1 atom stereocenters. The molecule has 0 amide bonds. The Morgan fingerprint density at radius 2 is 2.03 bits per heavy atom. The molecule has 162 valence electrons. The Hall–Kier alpha value is -2.77. The van der Waals surface area contributed by atoms with E-state index < -0.39 is 0 Å². The maximum atomic E-state index is 13.3. The number of H-pyrrole nitrogens is 1. The van der Waals surface area contributed by atoms with E-state index in [0.717, 1.165) is 41.5 Å². The minimum Gasteiger partial charge on any atom is -0.376 e. The van der Waals surface area contributed by atoms with Gasteiger partial charge in [0.05, 0.1) is 12.6 Å². The van der Waals surface area contributed by atoms with E-state index in [1.165, 1.54) is 12.1 Å². The molecule has 31 heavy (non-hydrogen) atoms. The van der Waals surface area contributed by atoms with Crippen molar-refractivity contribution in [2.45, 2.75) is 39.0 Å². The minimum absolute atomic E-state index is 0.135. The Morgan fingerprint density at radius 1 is 1.23 bits per heavy atom. The molecule has 1 aromatic heterocycles. The lowest BCUT2D eigenvalue weighted by molar-refractivity contribution is 0.113. The van der Waals surface area contributed by atoms with Crippen molar-refractivity contribution in [2.75, 3.05) is 13.2 Å². The standard InChI is InChI=1S/C24H26FN3O2S/c1-16-4-7-18-12-19(23(29)27-22(18)11-16)15-28(14-17-5-8-20(25)9-6-17)24(31)26-13-21-3-2-10-30-21/h4-9,11-12,21H,2-3,10,13-15H2,1H3,(H,26,31)(H,27,29)/t21-/m0/s1. The molecule has 2 heterocycles. The van der Waals surface area contributed by atoms with Gasteiger partial charge in [0.15, 0.2) is 5.11 Å². The number of aromatic nitrogens is 1. The number of nitrogens with zero attached hydrogens (tertiary/aromatic N) is 1. The molecule has 0 unspecified atom stereocenters. The van der Waals surface area contributed by atoms with Gasteiger partial charge in [-0.2, -0.15) is 0 Å². The molecule has 1 aliphatic rings. The first-order valence-electron chi connectivity index (χ1n) is 10.5. The van der Waals surface area contributed by atoms with Crippen LogP contribution in [0.15, 0.2) is 53.3 Å². The van der Waals surface area contributed by atoms with E-state index in [9.17, 15) is 9.18 Å². The second-order valence-electron chi connectivity index (χ2n) is 8.02. The van der Waals surface area contributed by atoms with E-state index in [0.29, 0.717) is 30.3 Å². The highest BCUT2D eigenvalue weighted by Crippen LogP contribution is 2.16. The van der Waals surface area contributed by atoms with Gasteiger partial charge < -0.3 is 19.9 Å². The summed E-state index contributed by atoms with van der Waals surface area (Å²) in [4.78, 5) is 17.7. The molecule has 1 fully saturated rings. The normalized spacial score (nSPS) is 15.9. The molecule has 1 aliphatic heterocycles. The summed E-state index contributed by atoms with van der Waals surface area (Å²) in [6, 6.07) is 14.2. The van der Waals surface area contributed by atoms with Crippen LogP contribution < -0.4 is 10.9 Å².